The van der Waals surface area contributed by atoms with Crippen LogP contribution >= 0.6 is 0 Å². The number of nitrogens with zero attached hydrogens (tertiary/aromatic N) is 2. The summed E-state index contributed by atoms with van der Waals surface area (Å²) in [7, 11) is 1.75. The van der Waals surface area contributed by atoms with Crippen LogP contribution in [-0.4, -0.2) is 62.1 Å². The Bertz CT molecular complexity index is 369. The van der Waals surface area contributed by atoms with Crippen LogP contribution in [0.2, 0.25) is 0 Å². The number of guanidine groups is 1. The molecular weight excluding hydrogens is 290 g/mol. The molecule has 0 aromatic heterocycles. The van der Waals surface area contributed by atoms with Crippen molar-refractivity contribution in [3.8, 4) is 0 Å². The Morgan fingerprint density at radius 1 is 1.09 bits per heavy atom. The van der Waals surface area contributed by atoms with Crippen molar-refractivity contribution < 1.29 is 4.79 Å². The van der Waals surface area contributed by atoms with E-state index in [1.165, 1.54) is 0 Å². The van der Waals surface area contributed by atoms with Crippen LogP contribution in [0.15, 0.2) is 4.99 Å². The zero-order valence-electron chi connectivity index (χ0n) is 16.3. The first-order valence-corrected chi connectivity index (χ1v) is 8.64. The van der Waals surface area contributed by atoms with E-state index in [9.17, 15) is 4.79 Å². The Kier molecular flexibility index (Phi) is 9.88. The third-order valence-corrected chi connectivity index (χ3v) is 3.86. The van der Waals surface area contributed by atoms with E-state index in [1.54, 1.807) is 7.05 Å². The molecule has 0 spiro atoms. The van der Waals surface area contributed by atoms with Crippen LogP contribution in [-0.2, 0) is 4.79 Å². The zero-order chi connectivity index (χ0) is 18.0. The number of carbonyl (C=O) groups is 1. The summed E-state index contributed by atoms with van der Waals surface area (Å²) in [5, 5.41) is 9.42. The minimum Gasteiger partial charge on any atom is -0.356 e. The molecule has 0 radical (unpaired) electrons. The molecule has 0 aromatic rings. The predicted molar refractivity (Wildman–Crippen MR) is 98.8 cm³/mol. The Hall–Kier alpha value is -1.30. The predicted octanol–water partition coefficient (Wildman–Crippen LogP) is 1.43. The average Bonchev–Trinajstić information content (AvgIpc) is 2.45. The molecule has 0 saturated carbocycles. The molecule has 0 bridgehead atoms. The first-order chi connectivity index (χ1) is 10.7. The molecule has 136 valence electrons. The van der Waals surface area contributed by atoms with E-state index in [4.69, 9.17) is 0 Å². The van der Waals surface area contributed by atoms with Crippen LogP contribution < -0.4 is 16.0 Å². The monoisotopic (exact) mass is 327 g/mol. The first kappa shape index (κ1) is 21.7. The molecule has 0 unspecified atom stereocenters. The first-order valence-electron chi connectivity index (χ1n) is 8.64. The van der Waals surface area contributed by atoms with E-state index in [2.05, 4.69) is 53.5 Å². The third kappa shape index (κ3) is 8.21. The van der Waals surface area contributed by atoms with Gasteiger partial charge in [0, 0.05) is 45.3 Å². The molecule has 0 aliphatic carbocycles. The number of hydrogen-bond donors (Lipinski definition) is 3. The Morgan fingerprint density at radius 3 is 2.09 bits per heavy atom. The lowest BCUT2D eigenvalue weighted by Gasteiger charge is -2.31. The van der Waals surface area contributed by atoms with Crippen LogP contribution in [0.3, 0.4) is 0 Å². The largest absolute Gasteiger partial charge is 0.356 e. The summed E-state index contributed by atoms with van der Waals surface area (Å²) in [4.78, 5) is 18.7. The van der Waals surface area contributed by atoms with Crippen LogP contribution in [0.25, 0.3) is 0 Å². The second-order valence-electron chi connectivity index (χ2n) is 7.02. The van der Waals surface area contributed by atoms with Crippen molar-refractivity contribution >= 4 is 11.9 Å². The summed E-state index contributed by atoms with van der Waals surface area (Å²) >= 11 is 0. The highest BCUT2D eigenvalue weighted by molar-refractivity contribution is 5.84. The topological polar surface area (TPSA) is 68.8 Å². The van der Waals surface area contributed by atoms with Crippen LogP contribution in [0.4, 0.5) is 0 Å². The highest BCUT2D eigenvalue weighted by Gasteiger charge is 2.27. The maximum Gasteiger partial charge on any atom is 0.227 e. The van der Waals surface area contributed by atoms with Crippen molar-refractivity contribution in [3.05, 3.63) is 0 Å². The highest BCUT2D eigenvalue weighted by Crippen LogP contribution is 2.13. The van der Waals surface area contributed by atoms with Gasteiger partial charge in [0.2, 0.25) is 5.91 Å². The fourth-order valence-corrected chi connectivity index (χ4v) is 2.42. The van der Waals surface area contributed by atoms with E-state index in [1.807, 2.05) is 20.8 Å². The molecule has 0 aliphatic heterocycles. The summed E-state index contributed by atoms with van der Waals surface area (Å²) < 4.78 is 0. The number of hydrogen-bond acceptors (Lipinski definition) is 3. The molecule has 6 nitrogen and oxygen atoms in total. The molecule has 0 aliphatic rings. The maximum absolute atomic E-state index is 12.0. The van der Waals surface area contributed by atoms with Crippen molar-refractivity contribution in [1.29, 1.82) is 0 Å². The van der Waals surface area contributed by atoms with E-state index < -0.39 is 5.41 Å². The molecule has 1 amide bonds. The summed E-state index contributed by atoms with van der Waals surface area (Å²) in [5.74, 6) is 0.781. The van der Waals surface area contributed by atoms with Gasteiger partial charge in [-0.15, -0.1) is 0 Å². The second-order valence-corrected chi connectivity index (χ2v) is 7.02. The van der Waals surface area contributed by atoms with Gasteiger partial charge in [-0.1, -0.05) is 0 Å². The number of nitrogens with one attached hydrogen (secondary N) is 3. The van der Waals surface area contributed by atoms with Crippen molar-refractivity contribution in [2.45, 2.75) is 60.5 Å². The lowest BCUT2D eigenvalue weighted by atomic mass is 9.92. The molecule has 6 heteroatoms. The van der Waals surface area contributed by atoms with Gasteiger partial charge >= 0.3 is 0 Å². The molecule has 0 heterocycles. The Labute approximate surface area is 142 Å². The molecule has 0 saturated heterocycles. The quantitative estimate of drug-likeness (QED) is 0.443. The van der Waals surface area contributed by atoms with Gasteiger partial charge < -0.3 is 16.0 Å². The molecule has 0 fully saturated rings. The van der Waals surface area contributed by atoms with Gasteiger partial charge in [0.05, 0.1) is 5.41 Å². The summed E-state index contributed by atoms with van der Waals surface area (Å²) in [6.45, 7) is 17.6. The summed E-state index contributed by atoms with van der Waals surface area (Å²) in [6.07, 6.45) is 0. The minimum atomic E-state index is -0.477. The van der Waals surface area contributed by atoms with Crippen molar-refractivity contribution in [2.75, 3.05) is 33.2 Å². The van der Waals surface area contributed by atoms with E-state index in [0.29, 0.717) is 25.2 Å². The fraction of sp³-hybridized carbons (Fsp3) is 0.882. The lowest BCUT2D eigenvalue weighted by Crippen LogP contribution is -2.49. The lowest BCUT2D eigenvalue weighted by molar-refractivity contribution is -0.128. The van der Waals surface area contributed by atoms with E-state index in [-0.39, 0.29) is 5.91 Å². The standard InChI is InChI=1S/C17H37N5O/c1-9-19-15(23)17(6,7)12-21-16(18-8)20-10-11-22(13(2)3)14(4)5/h13-14H,9-12H2,1-8H3,(H,19,23)(H2,18,20,21). The number of carbonyl (C=O) groups excluding carboxylic acids is 1. The van der Waals surface area contributed by atoms with Gasteiger partial charge in [0.15, 0.2) is 5.96 Å². The molecular formula is C17H37N5O. The number of amides is 1. The Balaban J connectivity index is 4.35. The number of rotatable bonds is 9. The maximum atomic E-state index is 12.0. The van der Waals surface area contributed by atoms with Gasteiger partial charge in [-0.3, -0.25) is 14.7 Å². The van der Waals surface area contributed by atoms with Gasteiger partial charge in [-0.25, -0.2) is 0 Å². The summed E-state index contributed by atoms with van der Waals surface area (Å²) in [5.41, 5.74) is -0.477. The van der Waals surface area contributed by atoms with Crippen LogP contribution in [0.1, 0.15) is 48.5 Å². The van der Waals surface area contributed by atoms with Crippen LogP contribution in [0, 0.1) is 5.41 Å². The van der Waals surface area contributed by atoms with Crippen molar-refractivity contribution in [2.24, 2.45) is 10.4 Å². The molecule has 0 atom stereocenters. The van der Waals surface area contributed by atoms with Crippen molar-refractivity contribution in [3.63, 3.8) is 0 Å². The molecule has 0 rings (SSSR count). The second kappa shape index (κ2) is 10.5. The normalized spacial score (nSPS) is 12.9. The Morgan fingerprint density at radius 2 is 1.65 bits per heavy atom. The fourth-order valence-electron chi connectivity index (χ4n) is 2.42. The van der Waals surface area contributed by atoms with Gasteiger partial charge in [0.25, 0.3) is 0 Å². The molecule has 3 N–H and O–H groups in total. The summed E-state index contributed by atoms with van der Waals surface area (Å²) in [6, 6.07) is 1.03. The SMILES string of the molecule is CCNC(=O)C(C)(C)CNC(=NC)NCCN(C(C)C)C(C)C. The minimum absolute atomic E-state index is 0.0498. The van der Waals surface area contributed by atoms with Gasteiger partial charge in [-0.2, -0.15) is 0 Å². The van der Waals surface area contributed by atoms with Crippen LogP contribution in [0.5, 0.6) is 0 Å². The van der Waals surface area contributed by atoms with Crippen molar-refractivity contribution in [1.82, 2.24) is 20.9 Å². The van der Waals surface area contributed by atoms with Gasteiger partial charge in [0.1, 0.15) is 0 Å². The number of aliphatic imine (C=N–C) groups is 1. The van der Waals surface area contributed by atoms with E-state index >= 15 is 0 Å². The third-order valence-electron chi connectivity index (χ3n) is 3.86. The average molecular weight is 328 g/mol. The zero-order valence-corrected chi connectivity index (χ0v) is 16.3. The van der Waals surface area contributed by atoms with Gasteiger partial charge in [-0.05, 0) is 48.5 Å². The smallest absolute Gasteiger partial charge is 0.227 e. The molecule has 23 heavy (non-hydrogen) atoms. The highest BCUT2D eigenvalue weighted by atomic mass is 16.2. The molecule has 0 aromatic carbocycles. The van der Waals surface area contributed by atoms with E-state index in [0.717, 1.165) is 19.0 Å².